The molecule has 3 aromatic carbocycles. The molecule has 0 bridgehead atoms. The molecule has 1 saturated heterocycles. The van der Waals surface area contributed by atoms with Gasteiger partial charge in [-0.05, 0) is 45.2 Å². The summed E-state index contributed by atoms with van der Waals surface area (Å²) >= 11 is 6.63. The lowest BCUT2D eigenvalue weighted by Gasteiger charge is -2.40. The third-order valence-corrected chi connectivity index (χ3v) is 9.47. The Morgan fingerprint density at radius 2 is 1.81 bits per heavy atom. The van der Waals surface area contributed by atoms with Crippen molar-refractivity contribution in [3.63, 3.8) is 0 Å². The molecule has 2 N–H and O–H groups in total. The number of aromatic nitrogens is 2. The Kier molecular flexibility index (Phi) is 8.59. The number of ether oxygens (including phenoxy) is 4. The van der Waals surface area contributed by atoms with E-state index >= 15 is 8.78 Å². The van der Waals surface area contributed by atoms with Crippen LogP contribution in [0.5, 0.6) is 28.7 Å². The van der Waals surface area contributed by atoms with Gasteiger partial charge in [0.25, 0.3) is 6.43 Å². The molecule has 3 aliphatic heterocycles. The lowest BCUT2D eigenvalue weighted by atomic mass is 9.79. The number of benzene rings is 3. The number of amides is 2. The summed E-state index contributed by atoms with van der Waals surface area (Å²) in [6.45, 7) is 4.50. The average Bonchev–Trinajstić information content (AvgIpc) is 3.73. The minimum absolute atomic E-state index is 0.0344. The first-order valence-electron chi connectivity index (χ1n) is 16.2. The number of hydrogen-bond acceptors (Lipinski definition) is 8. The summed E-state index contributed by atoms with van der Waals surface area (Å²) in [7, 11) is 0. The van der Waals surface area contributed by atoms with Gasteiger partial charge in [0, 0.05) is 35.7 Å². The van der Waals surface area contributed by atoms with Gasteiger partial charge in [-0.25, -0.2) is 27.0 Å². The third kappa shape index (κ3) is 5.86. The van der Waals surface area contributed by atoms with Crippen LogP contribution in [0.2, 0.25) is 5.02 Å². The molecular weight excluding hydrogens is 712 g/mol. The molecule has 1 fully saturated rings. The fraction of sp³-hybridized carbons (Fsp3) is 0.333. The monoisotopic (exact) mass is 742 g/mol. The normalized spacial score (nSPS) is 18.9. The number of primary amides is 1. The van der Waals surface area contributed by atoms with Crippen LogP contribution in [-0.2, 0) is 23.3 Å². The van der Waals surface area contributed by atoms with Crippen LogP contribution in [0.15, 0.2) is 53.5 Å². The van der Waals surface area contributed by atoms with E-state index in [0.29, 0.717) is 29.6 Å². The third-order valence-electron chi connectivity index (χ3n) is 9.10. The highest BCUT2D eigenvalue weighted by molar-refractivity contribution is 6.34. The van der Waals surface area contributed by atoms with E-state index in [9.17, 15) is 23.2 Å². The van der Waals surface area contributed by atoms with Crippen LogP contribution < -0.4 is 25.5 Å². The maximum atomic E-state index is 17.0. The van der Waals surface area contributed by atoms with Gasteiger partial charge in [-0.1, -0.05) is 41.9 Å². The minimum atomic E-state index is -2.94. The number of carbonyl (C=O) groups is 2. The van der Waals surface area contributed by atoms with Crippen LogP contribution in [0.3, 0.4) is 0 Å². The fourth-order valence-electron chi connectivity index (χ4n) is 7.04. The Morgan fingerprint density at radius 1 is 1.08 bits per heavy atom. The second-order valence-corrected chi connectivity index (χ2v) is 14.0. The summed E-state index contributed by atoms with van der Waals surface area (Å²) in [6.07, 6.45) is -1.60. The van der Waals surface area contributed by atoms with Gasteiger partial charge in [-0.2, -0.15) is 5.10 Å². The van der Waals surface area contributed by atoms with Gasteiger partial charge in [0.05, 0.1) is 22.8 Å². The number of hydrogen-bond donors (Lipinski definition) is 1. The fourth-order valence-corrected chi connectivity index (χ4v) is 7.30. The van der Waals surface area contributed by atoms with Crippen LogP contribution in [0.25, 0.3) is 11.1 Å². The lowest BCUT2D eigenvalue weighted by molar-refractivity contribution is -0.0216. The highest BCUT2D eigenvalue weighted by Gasteiger charge is 2.54. The molecule has 272 valence electrons. The molecule has 1 aromatic heterocycles. The molecule has 0 saturated carbocycles. The minimum Gasteiger partial charge on any atom is -0.480 e. The SMILES string of the molecule is CC(C)(C)OC(=O)N1CCC[C@H]1[C@@]1(c2ccccc2)Cc2c(cc(F)c(Cl)c2-c2c(C(N)=O)cc3c(c2F)Oc2c(cnn(CC(F)F)c2=O)O3)O1. The summed E-state index contributed by atoms with van der Waals surface area (Å²) in [6, 6.07) is 10.4. The van der Waals surface area contributed by atoms with Crippen LogP contribution >= 0.6 is 11.6 Å². The molecular formula is C36H31ClF4N4O7. The molecule has 0 radical (unpaired) electrons. The average molecular weight is 743 g/mol. The number of halogens is 5. The largest absolute Gasteiger partial charge is 0.480 e. The quantitative estimate of drug-likeness (QED) is 0.179. The number of rotatable bonds is 6. The standard InChI is InChI=1S/C36H31ClF4N4O7/c1-35(2,3)52-34(48)44-11-7-10-24(44)36(17-8-5-4-6-9-17)14-19-21(51-36)13-20(38)28(37)26(19)27-18(32(42)46)12-22-30(29(27)41)50-31-23(49-22)15-43-45(33(31)47)16-25(39)40/h4-6,8-9,12-13,15,24-25H,7,10-11,14,16H2,1-3H3,(H2,42,46)/t24-,36-/m0/s1. The molecule has 7 rings (SSSR count). The highest BCUT2D eigenvalue weighted by Crippen LogP contribution is 2.55. The molecule has 2 atom stereocenters. The molecule has 0 spiro atoms. The predicted molar refractivity (Wildman–Crippen MR) is 178 cm³/mol. The molecule has 4 aromatic rings. The van der Waals surface area contributed by atoms with E-state index < -0.39 is 92.8 Å². The van der Waals surface area contributed by atoms with Crippen molar-refractivity contribution in [1.82, 2.24) is 14.7 Å². The van der Waals surface area contributed by atoms with Crippen molar-refractivity contribution in [1.29, 1.82) is 0 Å². The number of alkyl halides is 2. The Labute approximate surface area is 298 Å². The van der Waals surface area contributed by atoms with E-state index in [4.69, 9.17) is 36.3 Å². The Hall–Kier alpha value is -5.31. The molecule has 11 nitrogen and oxygen atoms in total. The van der Waals surface area contributed by atoms with Crippen molar-refractivity contribution < 1.29 is 46.1 Å². The molecule has 0 unspecified atom stereocenters. The summed E-state index contributed by atoms with van der Waals surface area (Å²) in [5, 5.41) is 3.06. The Morgan fingerprint density at radius 3 is 2.48 bits per heavy atom. The van der Waals surface area contributed by atoms with Crippen LogP contribution in [0.4, 0.5) is 22.4 Å². The van der Waals surface area contributed by atoms with E-state index in [1.165, 1.54) is 0 Å². The molecule has 52 heavy (non-hydrogen) atoms. The first-order chi connectivity index (χ1) is 24.6. The van der Waals surface area contributed by atoms with Gasteiger partial charge in [0.1, 0.15) is 23.7 Å². The van der Waals surface area contributed by atoms with Crippen molar-refractivity contribution in [3.05, 3.63) is 92.4 Å². The van der Waals surface area contributed by atoms with Gasteiger partial charge in [-0.15, -0.1) is 0 Å². The zero-order chi connectivity index (χ0) is 37.3. The van der Waals surface area contributed by atoms with Crippen molar-refractivity contribution in [2.45, 2.75) is 70.2 Å². The van der Waals surface area contributed by atoms with Crippen molar-refractivity contribution >= 4 is 23.6 Å². The van der Waals surface area contributed by atoms with E-state index in [1.54, 1.807) is 56.0 Å². The maximum absolute atomic E-state index is 17.0. The van der Waals surface area contributed by atoms with Gasteiger partial charge in [0.2, 0.25) is 17.4 Å². The van der Waals surface area contributed by atoms with Crippen molar-refractivity contribution in [2.75, 3.05) is 6.54 Å². The molecule has 16 heteroatoms. The van der Waals surface area contributed by atoms with Crippen LogP contribution in [0.1, 0.15) is 55.1 Å². The number of fused-ring (bicyclic) bond motifs is 3. The molecule has 3 aliphatic rings. The first kappa shape index (κ1) is 35.1. The maximum Gasteiger partial charge on any atom is 0.410 e. The number of nitrogens with two attached hydrogens (primary N) is 1. The van der Waals surface area contributed by atoms with E-state index in [2.05, 4.69) is 5.10 Å². The van der Waals surface area contributed by atoms with Gasteiger partial charge < -0.3 is 29.6 Å². The number of carbonyl (C=O) groups excluding carboxylic acids is 2. The van der Waals surface area contributed by atoms with Crippen molar-refractivity contribution in [2.24, 2.45) is 5.73 Å². The Bertz CT molecular complexity index is 2190. The highest BCUT2D eigenvalue weighted by atomic mass is 35.5. The van der Waals surface area contributed by atoms with E-state index in [0.717, 1.165) is 18.3 Å². The number of nitrogens with zero attached hydrogens (tertiary/aromatic N) is 3. The van der Waals surface area contributed by atoms with E-state index in [-0.39, 0.29) is 29.0 Å². The summed E-state index contributed by atoms with van der Waals surface area (Å²) in [5.74, 6) is -5.60. The van der Waals surface area contributed by atoms with E-state index in [1.807, 2.05) is 0 Å². The topological polar surface area (TPSA) is 135 Å². The van der Waals surface area contributed by atoms with Gasteiger partial charge >= 0.3 is 11.7 Å². The van der Waals surface area contributed by atoms with Crippen LogP contribution in [-0.4, -0.2) is 51.3 Å². The van der Waals surface area contributed by atoms with Crippen LogP contribution in [0, 0.1) is 11.6 Å². The summed E-state index contributed by atoms with van der Waals surface area (Å²) in [4.78, 5) is 41.0. The smallest absolute Gasteiger partial charge is 0.410 e. The second kappa shape index (κ2) is 12.7. The van der Waals surface area contributed by atoms with Crippen molar-refractivity contribution in [3.8, 4) is 39.9 Å². The lowest BCUT2D eigenvalue weighted by Crippen LogP contribution is -2.53. The summed E-state index contributed by atoms with van der Waals surface area (Å²) < 4.78 is 83.1. The van der Waals surface area contributed by atoms with Gasteiger partial charge in [-0.3, -0.25) is 9.59 Å². The molecule has 4 heterocycles. The predicted octanol–water partition coefficient (Wildman–Crippen LogP) is 7.33. The zero-order valence-corrected chi connectivity index (χ0v) is 28.7. The zero-order valence-electron chi connectivity index (χ0n) is 28.0. The first-order valence-corrected chi connectivity index (χ1v) is 16.6. The summed E-state index contributed by atoms with van der Waals surface area (Å²) in [5.41, 5.74) is 1.91. The Balaban J connectivity index is 1.40. The second-order valence-electron chi connectivity index (χ2n) is 13.6. The molecule has 0 aliphatic carbocycles. The van der Waals surface area contributed by atoms with Gasteiger partial charge in [0.15, 0.2) is 22.9 Å². The number of likely N-dealkylation sites (tertiary alicyclic amines) is 1. The molecule has 2 amide bonds.